The third-order valence-corrected chi connectivity index (χ3v) is 5.84. The van der Waals surface area contributed by atoms with Gasteiger partial charge in [-0.2, -0.15) is 16.4 Å². The minimum atomic E-state index is -0.213. The van der Waals surface area contributed by atoms with Gasteiger partial charge in [0.2, 0.25) is 0 Å². The van der Waals surface area contributed by atoms with Gasteiger partial charge in [0.15, 0.2) is 0 Å². The van der Waals surface area contributed by atoms with E-state index in [9.17, 15) is 0 Å². The van der Waals surface area contributed by atoms with Crippen molar-refractivity contribution in [3.63, 3.8) is 0 Å². The van der Waals surface area contributed by atoms with E-state index in [0.717, 1.165) is 12.1 Å². The van der Waals surface area contributed by atoms with Gasteiger partial charge in [-0.15, -0.1) is 0 Å². The van der Waals surface area contributed by atoms with E-state index >= 15 is 0 Å². The fourth-order valence-corrected chi connectivity index (χ4v) is 4.47. The van der Waals surface area contributed by atoms with Crippen molar-refractivity contribution in [2.45, 2.75) is 11.8 Å². The Morgan fingerprint density at radius 2 is 1.77 bits per heavy atom. The highest BCUT2D eigenvalue weighted by Crippen LogP contribution is 2.42. The Labute approximate surface area is 156 Å². The lowest BCUT2D eigenvalue weighted by Crippen LogP contribution is -2.30. The molecule has 0 spiro atoms. The molecule has 3 nitrogen and oxygen atoms in total. The molecule has 1 aliphatic carbocycles. The number of aromatic amines is 1. The average Bonchev–Trinajstić information content (AvgIpc) is 3.38. The zero-order valence-electron chi connectivity index (χ0n) is 14.1. The monoisotopic (exact) mass is 355 g/mol. The number of allylic oxidation sites excluding steroid dienone is 1. The maximum absolute atomic E-state index is 4.61. The van der Waals surface area contributed by atoms with Gasteiger partial charge in [-0.3, -0.25) is 10.1 Å². The van der Waals surface area contributed by atoms with Crippen molar-refractivity contribution in [2.75, 3.05) is 0 Å². The molecule has 1 aromatic carbocycles. The van der Waals surface area contributed by atoms with E-state index in [0.29, 0.717) is 0 Å². The number of hydrogen-bond donors (Lipinski definition) is 1. The van der Waals surface area contributed by atoms with Crippen molar-refractivity contribution >= 4 is 17.4 Å². The predicted molar refractivity (Wildman–Crippen MR) is 106 cm³/mol. The average molecular weight is 355 g/mol. The molecule has 126 valence electrons. The van der Waals surface area contributed by atoms with Gasteiger partial charge in [0.05, 0.1) is 0 Å². The van der Waals surface area contributed by atoms with Crippen LogP contribution in [-0.2, 0) is 11.8 Å². The summed E-state index contributed by atoms with van der Waals surface area (Å²) in [5, 5.41) is 12.1. The van der Waals surface area contributed by atoms with Crippen LogP contribution in [0.5, 0.6) is 0 Å². The zero-order valence-corrected chi connectivity index (χ0v) is 14.9. The number of fused-ring (bicyclic) bond motifs is 1. The fourth-order valence-electron chi connectivity index (χ4n) is 3.83. The zero-order chi connectivity index (χ0) is 17.4. The van der Waals surface area contributed by atoms with Gasteiger partial charge in [0.1, 0.15) is 5.69 Å². The first-order chi connectivity index (χ1) is 12.9. The van der Waals surface area contributed by atoms with E-state index in [1.165, 1.54) is 27.9 Å². The molecule has 1 atom stereocenters. The number of rotatable bonds is 3. The van der Waals surface area contributed by atoms with Crippen molar-refractivity contribution in [3.05, 3.63) is 100 Å². The Bertz CT molecular complexity index is 1010. The van der Waals surface area contributed by atoms with Crippen LogP contribution in [0.1, 0.15) is 22.4 Å². The van der Waals surface area contributed by atoms with E-state index < -0.39 is 0 Å². The van der Waals surface area contributed by atoms with Gasteiger partial charge in [-0.25, -0.2) is 0 Å². The number of pyridine rings is 1. The summed E-state index contributed by atoms with van der Waals surface area (Å²) in [6.07, 6.45) is 9.14. The summed E-state index contributed by atoms with van der Waals surface area (Å²) in [5.74, 6) is 0. The number of thiophene rings is 1. The van der Waals surface area contributed by atoms with E-state index in [-0.39, 0.29) is 5.41 Å². The Morgan fingerprint density at radius 1 is 0.962 bits per heavy atom. The molecule has 3 heterocycles. The molecule has 4 aromatic rings. The summed E-state index contributed by atoms with van der Waals surface area (Å²) in [6.45, 7) is 0. The summed E-state index contributed by atoms with van der Waals surface area (Å²) in [7, 11) is 0. The second kappa shape index (κ2) is 6.07. The van der Waals surface area contributed by atoms with Gasteiger partial charge < -0.3 is 0 Å². The normalized spacial score (nSPS) is 18.6. The van der Waals surface area contributed by atoms with Crippen molar-refractivity contribution in [1.82, 2.24) is 15.2 Å². The Morgan fingerprint density at radius 3 is 2.54 bits per heavy atom. The van der Waals surface area contributed by atoms with Gasteiger partial charge in [0.25, 0.3) is 0 Å². The molecule has 0 aliphatic heterocycles. The van der Waals surface area contributed by atoms with Gasteiger partial charge in [-0.1, -0.05) is 42.5 Å². The molecule has 3 aromatic heterocycles. The lowest BCUT2D eigenvalue weighted by atomic mass is 9.68. The summed E-state index contributed by atoms with van der Waals surface area (Å²) >= 11 is 1.70. The van der Waals surface area contributed by atoms with Crippen LogP contribution in [0, 0.1) is 0 Å². The standard InChI is InChI=1S/C22H17N3S/c1-2-4-17(5-3-1)22(18-7-11-23-12-8-18)10-6-19-20(14-22)24-25-21(19)16-9-13-26-15-16/h1-13,15H,14H2,(H,24,25). The van der Waals surface area contributed by atoms with Crippen LogP contribution in [0.2, 0.25) is 0 Å². The highest BCUT2D eigenvalue weighted by molar-refractivity contribution is 7.08. The molecular formula is C22H17N3S. The van der Waals surface area contributed by atoms with Crippen LogP contribution in [0.4, 0.5) is 0 Å². The molecule has 0 fully saturated rings. The minimum Gasteiger partial charge on any atom is -0.281 e. The number of H-pyrrole nitrogens is 1. The number of hydrogen-bond acceptors (Lipinski definition) is 3. The molecule has 0 saturated carbocycles. The topological polar surface area (TPSA) is 41.6 Å². The van der Waals surface area contributed by atoms with Crippen LogP contribution in [0.3, 0.4) is 0 Å². The summed E-state index contributed by atoms with van der Waals surface area (Å²) in [4.78, 5) is 4.20. The molecular weight excluding hydrogens is 338 g/mol. The van der Waals surface area contributed by atoms with Crippen molar-refractivity contribution < 1.29 is 0 Å². The van der Waals surface area contributed by atoms with Gasteiger partial charge >= 0.3 is 0 Å². The molecule has 1 N–H and O–H groups in total. The van der Waals surface area contributed by atoms with Crippen LogP contribution < -0.4 is 0 Å². The Balaban J connectivity index is 1.67. The van der Waals surface area contributed by atoms with E-state index in [1.807, 2.05) is 12.4 Å². The molecule has 1 unspecified atom stereocenters. The molecule has 1 aliphatic rings. The van der Waals surface area contributed by atoms with Crippen molar-refractivity contribution in [2.24, 2.45) is 0 Å². The second-order valence-electron chi connectivity index (χ2n) is 6.56. The molecule has 4 heteroatoms. The van der Waals surface area contributed by atoms with Crippen molar-refractivity contribution in [3.8, 4) is 11.3 Å². The lowest BCUT2D eigenvalue weighted by Gasteiger charge is -2.34. The quantitative estimate of drug-likeness (QED) is 0.556. The molecule has 26 heavy (non-hydrogen) atoms. The smallest absolute Gasteiger partial charge is 0.100 e. The van der Waals surface area contributed by atoms with E-state index in [1.54, 1.807) is 11.3 Å². The SMILES string of the molecule is C1=CC(c2ccccc2)(c2ccncc2)Cc2[nH]nc(-c3ccsc3)c21. The maximum Gasteiger partial charge on any atom is 0.100 e. The summed E-state index contributed by atoms with van der Waals surface area (Å²) in [5.41, 5.74) is 6.89. The molecule has 0 bridgehead atoms. The van der Waals surface area contributed by atoms with E-state index in [4.69, 9.17) is 0 Å². The Hall–Kier alpha value is -2.98. The van der Waals surface area contributed by atoms with Gasteiger partial charge in [0, 0.05) is 46.4 Å². The number of benzene rings is 1. The molecule has 5 rings (SSSR count). The third kappa shape index (κ3) is 2.34. The first kappa shape index (κ1) is 15.3. The molecule has 0 amide bonds. The summed E-state index contributed by atoms with van der Waals surface area (Å²) in [6, 6.07) is 17.0. The van der Waals surface area contributed by atoms with Crippen LogP contribution in [0.15, 0.2) is 77.8 Å². The third-order valence-electron chi connectivity index (χ3n) is 5.15. The number of nitrogens with one attached hydrogen (secondary N) is 1. The highest BCUT2D eigenvalue weighted by Gasteiger charge is 2.36. The largest absolute Gasteiger partial charge is 0.281 e. The number of nitrogens with zero attached hydrogens (tertiary/aromatic N) is 2. The van der Waals surface area contributed by atoms with Crippen LogP contribution in [0.25, 0.3) is 17.3 Å². The van der Waals surface area contributed by atoms with Crippen LogP contribution >= 0.6 is 11.3 Å². The first-order valence-corrected chi connectivity index (χ1v) is 9.56. The van der Waals surface area contributed by atoms with Crippen LogP contribution in [-0.4, -0.2) is 15.2 Å². The molecule has 0 radical (unpaired) electrons. The van der Waals surface area contributed by atoms with Gasteiger partial charge in [-0.05, 0) is 34.7 Å². The van der Waals surface area contributed by atoms with E-state index in [2.05, 4.69) is 86.6 Å². The minimum absolute atomic E-state index is 0.213. The molecule has 0 saturated heterocycles. The first-order valence-electron chi connectivity index (χ1n) is 8.62. The number of aromatic nitrogens is 3. The Kier molecular flexibility index (Phi) is 3.57. The fraction of sp³-hybridized carbons (Fsp3) is 0.0909. The van der Waals surface area contributed by atoms with Crippen molar-refractivity contribution in [1.29, 1.82) is 0 Å². The predicted octanol–water partition coefficient (Wildman–Crippen LogP) is 5.09. The second-order valence-corrected chi connectivity index (χ2v) is 7.34. The maximum atomic E-state index is 4.61. The lowest BCUT2D eigenvalue weighted by molar-refractivity contribution is 0.619. The highest BCUT2D eigenvalue weighted by atomic mass is 32.1. The summed E-state index contributed by atoms with van der Waals surface area (Å²) < 4.78 is 0.